The monoisotopic (exact) mass is 1190 g/mol. The molecule has 2 aliphatic rings. The van der Waals surface area contributed by atoms with Crippen LogP contribution in [-0.4, -0.2) is 199 Å². The lowest BCUT2D eigenvalue weighted by Gasteiger charge is -2.23. The van der Waals surface area contributed by atoms with Crippen molar-refractivity contribution in [3.63, 3.8) is 0 Å². The van der Waals surface area contributed by atoms with Crippen molar-refractivity contribution in [2.75, 3.05) is 118 Å². The number of rotatable bonds is 38. The van der Waals surface area contributed by atoms with Crippen LogP contribution in [0, 0.1) is 0 Å². The maximum Gasteiger partial charge on any atom is 0.324 e. The number of hydrogen-bond donors (Lipinski definition) is 3. The Morgan fingerprint density at radius 2 is 0.776 bits per heavy atom. The predicted molar refractivity (Wildman–Crippen MR) is 314 cm³/mol. The number of epoxide rings is 2. The molecule has 6 rings (SSSR count). The normalized spacial score (nSPS) is 14.3. The summed E-state index contributed by atoms with van der Waals surface area (Å²) in [6.45, 7) is 16.5. The molecular weight excluding hydrogens is 1110 g/mol. The zero-order chi connectivity index (χ0) is 61.6. The summed E-state index contributed by atoms with van der Waals surface area (Å²) in [7, 11) is 0. The van der Waals surface area contributed by atoms with Gasteiger partial charge in [0.15, 0.2) is 0 Å². The van der Waals surface area contributed by atoms with Gasteiger partial charge in [0.2, 0.25) is 0 Å². The zero-order valence-electron chi connectivity index (χ0n) is 48.9. The number of carbonyl (C=O) groups excluding carboxylic acids is 6. The van der Waals surface area contributed by atoms with Gasteiger partial charge in [-0.3, -0.25) is 43.9 Å². The predicted octanol–water partition coefficient (Wildman–Crippen LogP) is 4.89. The molecule has 4 aromatic carbocycles. The number of aliphatic hydroxyl groups is 2. The maximum atomic E-state index is 11.9. The van der Waals surface area contributed by atoms with Gasteiger partial charge in [0.1, 0.15) is 73.8 Å². The second-order valence-corrected chi connectivity index (χ2v) is 18.9. The van der Waals surface area contributed by atoms with E-state index in [1.54, 1.807) is 52.0 Å². The summed E-state index contributed by atoms with van der Waals surface area (Å²) in [5.41, 5.74) is 4.55. The van der Waals surface area contributed by atoms with Gasteiger partial charge in [-0.1, -0.05) is 61.7 Å². The fourth-order valence-corrected chi connectivity index (χ4v) is 7.54. The van der Waals surface area contributed by atoms with Crippen molar-refractivity contribution in [1.82, 2.24) is 15.1 Å². The highest BCUT2D eigenvalue weighted by molar-refractivity contribution is 5.76. The first-order valence-electron chi connectivity index (χ1n) is 27.9. The molecule has 0 aromatic heterocycles. The highest BCUT2D eigenvalue weighted by atomic mass is 16.6. The van der Waals surface area contributed by atoms with Gasteiger partial charge in [-0.2, -0.15) is 0 Å². The maximum absolute atomic E-state index is 11.9. The molecule has 4 atom stereocenters. The van der Waals surface area contributed by atoms with Crippen LogP contribution in [0.5, 0.6) is 23.0 Å². The number of nitrogens with one attached hydrogen (secondary N) is 1. The Balaban J connectivity index is 0.000000553. The van der Waals surface area contributed by atoms with E-state index in [2.05, 4.69) is 52.2 Å². The SMILES string of the molecule is C=COC(=O)CN(CC(=O)OC=C)CC(O)COc1ccc(Cc2ccc(OCC(O)CN(CC(=O)OCC)CC(=O)OCC)cc2)cc1.CCOC(=O)CNCC(=O)OCC.[HH].[HH].c1cc(OCC2CO2)ccc1Cc1ccc(OCC2CO2)cc1. The number of esters is 6. The van der Waals surface area contributed by atoms with Crippen molar-refractivity contribution >= 4 is 35.8 Å². The Hall–Kier alpha value is -7.90. The third-order valence-corrected chi connectivity index (χ3v) is 11.6. The van der Waals surface area contributed by atoms with Crippen molar-refractivity contribution < 1.29 is 98.7 Å². The van der Waals surface area contributed by atoms with Gasteiger partial charge >= 0.3 is 35.8 Å². The number of hydrogen-bond acceptors (Lipinski definition) is 23. The number of nitrogens with zero attached hydrogens (tertiary/aromatic N) is 2. The molecule has 0 saturated carbocycles. The number of aliphatic hydroxyl groups excluding tert-OH is 2. The van der Waals surface area contributed by atoms with Gasteiger partial charge in [0, 0.05) is 15.9 Å². The molecule has 4 aromatic rings. The number of carbonyl (C=O) groups is 6. The van der Waals surface area contributed by atoms with Gasteiger partial charge in [0.25, 0.3) is 0 Å². The molecule has 23 heteroatoms. The first kappa shape index (κ1) is 69.6. The van der Waals surface area contributed by atoms with E-state index in [0.717, 1.165) is 54.8 Å². The van der Waals surface area contributed by atoms with Crippen LogP contribution in [0.2, 0.25) is 0 Å². The number of benzene rings is 4. The summed E-state index contributed by atoms with van der Waals surface area (Å²) in [4.78, 5) is 71.9. The van der Waals surface area contributed by atoms with E-state index in [-0.39, 0.29) is 93.6 Å². The first-order valence-corrected chi connectivity index (χ1v) is 27.9. The molecular formula is C62H85N3O20. The van der Waals surface area contributed by atoms with E-state index >= 15 is 0 Å². The van der Waals surface area contributed by atoms with Crippen molar-refractivity contribution in [3.05, 3.63) is 145 Å². The standard InChI is InChI=1S/C35H46N2O12.C19H20O4.C8H15NO4.2H2/c1-5-44-32(40)20-36(21-33(41)45-6-2)18-28(38)24-48-30-13-9-26(10-14-30)17-27-11-15-31(16-12-27)49-25-29(39)19-37(22-34(42)46-7-3)23-35(43)47-8-4;1-5-16(20-10-18-12-22-18)6-2-14(1)9-15-3-7-17(8-4-15)21-11-19-13-23-19;1-3-12-7(10)5-9-6-8(11)13-4-2;;/h5-6,9-16,28-29,38-39H,1-2,7-8,17-25H2,3-4H3;1-8,18-19H,9-13H2;9H,3-6H2,1-2H3;2*1H. The van der Waals surface area contributed by atoms with E-state index < -0.39 is 36.1 Å². The Morgan fingerprint density at radius 3 is 1.06 bits per heavy atom. The van der Waals surface area contributed by atoms with E-state index in [1.807, 2.05) is 48.5 Å². The van der Waals surface area contributed by atoms with Gasteiger partial charge in [0.05, 0.1) is 91.4 Å². The molecule has 0 bridgehead atoms. The minimum atomic E-state index is -1.03. The Bertz CT molecular complexity index is 2510. The van der Waals surface area contributed by atoms with Gasteiger partial charge in [-0.25, -0.2) is 0 Å². The largest absolute Gasteiger partial charge is 0.491 e. The third-order valence-electron chi connectivity index (χ3n) is 11.6. The molecule has 468 valence electrons. The second kappa shape index (κ2) is 40.4. The smallest absolute Gasteiger partial charge is 0.324 e. The Labute approximate surface area is 499 Å². The van der Waals surface area contributed by atoms with Crippen molar-refractivity contribution in [2.24, 2.45) is 0 Å². The highest BCUT2D eigenvalue weighted by Gasteiger charge is 2.25. The van der Waals surface area contributed by atoms with Gasteiger partial charge < -0.3 is 67.1 Å². The Morgan fingerprint density at radius 1 is 0.494 bits per heavy atom. The molecule has 0 amide bonds. The minimum absolute atomic E-state index is 0. The molecule has 2 fully saturated rings. The van der Waals surface area contributed by atoms with Crippen molar-refractivity contribution in [2.45, 2.75) is 65.0 Å². The molecule has 0 aliphatic carbocycles. The van der Waals surface area contributed by atoms with Crippen LogP contribution >= 0.6 is 0 Å². The minimum Gasteiger partial charge on any atom is -0.491 e. The quantitative estimate of drug-likeness (QED) is 0.0233. The van der Waals surface area contributed by atoms with Gasteiger partial charge in [-0.05, 0) is 111 Å². The van der Waals surface area contributed by atoms with Crippen LogP contribution in [-0.2, 0) is 79.5 Å². The lowest BCUT2D eigenvalue weighted by Crippen LogP contribution is -2.42. The third kappa shape index (κ3) is 32.1. The van der Waals surface area contributed by atoms with E-state index in [4.69, 9.17) is 47.4 Å². The highest BCUT2D eigenvalue weighted by Crippen LogP contribution is 2.22. The molecule has 2 saturated heterocycles. The average Bonchev–Trinajstić information content (AvgIpc) is 4.56. The van der Waals surface area contributed by atoms with E-state index in [9.17, 15) is 39.0 Å². The van der Waals surface area contributed by atoms with Crippen molar-refractivity contribution in [1.29, 1.82) is 0 Å². The molecule has 2 heterocycles. The fraction of sp³-hybridized carbons (Fsp3) is 0.452. The lowest BCUT2D eigenvalue weighted by molar-refractivity contribution is -0.149. The summed E-state index contributed by atoms with van der Waals surface area (Å²) in [6, 6.07) is 31.2. The second-order valence-electron chi connectivity index (χ2n) is 18.9. The summed E-state index contributed by atoms with van der Waals surface area (Å²) in [5.74, 6) is -0.183. The van der Waals surface area contributed by atoms with Crippen LogP contribution in [0.15, 0.2) is 123 Å². The van der Waals surface area contributed by atoms with Crippen LogP contribution in [0.4, 0.5) is 0 Å². The van der Waals surface area contributed by atoms with E-state index in [0.29, 0.717) is 56.6 Å². The number of ether oxygens (including phenoxy) is 12. The zero-order valence-corrected chi connectivity index (χ0v) is 48.9. The summed E-state index contributed by atoms with van der Waals surface area (Å²) in [6.07, 6.45) is 2.07. The topological polar surface area (TPSA) is 279 Å². The van der Waals surface area contributed by atoms with Crippen LogP contribution in [0.25, 0.3) is 0 Å². The average molecular weight is 1190 g/mol. The summed E-state index contributed by atoms with van der Waals surface area (Å²) >= 11 is 0. The molecule has 0 spiro atoms. The fourth-order valence-electron chi connectivity index (χ4n) is 7.54. The van der Waals surface area contributed by atoms with Crippen LogP contribution in [0.1, 0.15) is 52.8 Å². The first-order chi connectivity index (χ1) is 41.1. The summed E-state index contributed by atoms with van der Waals surface area (Å²) in [5, 5.41) is 23.6. The molecule has 23 nitrogen and oxygen atoms in total. The summed E-state index contributed by atoms with van der Waals surface area (Å²) < 4.78 is 61.6. The van der Waals surface area contributed by atoms with Crippen LogP contribution < -0.4 is 24.3 Å². The van der Waals surface area contributed by atoms with Crippen LogP contribution in [0.3, 0.4) is 0 Å². The molecule has 2 aliphatic heterocycles. The van der Waals surface area contributed by atoms with Crippen molar-refractivity contribution in [3.8, 4) is 23.0 Å². The van der Waals surface area contributed by atoms with E-state index in [1.165, 1.54) is 20.9 Å². The van der Waals surface area contributed by atoms with Gasteiger partial charge in [-0.15, -0.1) is 0 Å². The lowest BCUT2D eigenvalue weighted by atomic mass is 10.0. The Kier molecular flexibility index (Phi) is 33.1. The molecule has 3 N–H and O–H groups in total. The molecule has 4 unspecified atom stereocenters. The molecule has 85 heavy (non-hydrogen) atoms. The molecule has 0 radical (unpaired) electrons.